The second-order valence-electron chi connectivity index (χ2n) is 5.23. The van der Waals surface area contributed by atoms with Crippen molar-refractivity contribution in [2.75, 3.05) is 10.6 Å². The molecule has 1 saturated carbocycles. The number of nitrogens with zero attached hydrogens (tertiary/aromatic N) is 2. The Bertz CT molecular complexity index is 609. The van der Waals surface area contributed by atoms with Crippen molar-refractivity contribution in [2.45, 2.75) is 31.7 Å². The quantitative estimate of drug-likeness (QED) is 0.904. The molecule has 21 heavy (non-hydrogen) atoms. The van der Waals surface area contributed by atoms with E-state index in [-0.39, 0.29) is 5.91 Å². The van der Waals surface area contributed by atoms with Crippen molar-refractivity contribution < 1.29 is 4.79 Å². The first-order chi connectivity index (χ1) is 10.3. The number of benzene rings is 1. The molecule has 0 unspecified atom stereocenters. The van der Waals surface area contributed by atoms with Crippen LogP contribution in [-0.4, -0.2) is 21.9 Å². The van der Waals surface area contributed by atoms with E-state index in [1.54, 1.807) is 6.07 Å². The van der Waals surface area contributed by atoms with Gasteiger partial charge in [0.25, 0.3) is 5.91 Å². The minimum Gasteiger partial charge on any atom is -0.367 e. The Hall–Kier alpha value is -2.43. The molecule has 0 atom stereocenters. The lowest BCUT2D eigenvalue weighted by Crippen LogP contribution is -2.18. The SMILES string of the molecule is O=C(Nc1ccccc1)c1cc(NC2CCCC2)ncn1. The fraction of sp³-hybridized carbons (Fsp3) is 0.312. The number of amides is 1. The van der Waals surface area contributed by atoms with Crippen LogP contribution >= 0.6 is 0 Å². The third kappa shape index (κ3) is 3.56. The number of hydrogen-bond acceptors (Lipinski definition) is 4. The maximum atomic E-state index is 12.2. The molecular formula is C16H18N4O. The molecule has 1 fully saturated rings. The second-order valence-corrected chi connectivity index (χ2v) is 5.23. The molecule has 3 rings (SSSR count). The molecule has 1 aliphatic carbocycles. The van der Waals surface area contributed by atoms with Gasteiger partial charge in [-0.1, -0.05) is 31.0 Å². The van der Waals surface area contributed by atoms with E-state index in [1.165, 1.54) is 19.2 Å². The molecular weight excluding hydrogens is 264 g/mol. The van der Waals surface area contributed by atoms with Crippen molar-refractivity contribution in [3.05, 3.63) is 48.4 Å². The third-order valence-electron chi connectivity index (χ3n) is 3.64. The van der Waals surface area contributed by atoms with Crippen molar-refractivity contribution in [2.24, 2.45) is 0 Å². The summed E-state index contributed by atoms with van der Waals surface area (Å²) in [6.07, 6.45) is 6.26. The van der Waals surface area contributed by atoms with Gasteiger partial charge in [-0.3, -0.25) is 4.79 Å². The van der Waals surface area contributed by atoms with Crippen molar-refractivity contribution in [3.8, 4) is 0 Å². The van der Waals surface area contributed by atoms with Gasteiger partial charge in [-0.05, 0) is 25.0 Å². The number of anilines is 2. The van der Waals surface area contributed by atoms with Crippen LogP contribution in [0.4, 0.5) is 11.5 Å². The molecule has 0 radical (unpaired) electrons. The first-order valence-corrected chi connectivity index (χ1v) is 7.26. The average molecular weight is 282 g/mol. The highest BCUT2D eigenvalue weighted by molar-refractivity contribution is 6.03. The summed E-state index contributed by atoms with van der Waals surface area (Å²) in [6, 6.07) is 11.5. The van der Waals surface area contributed by atoms with Crippen LogP contribution in [0.25, 0.3) is 0 Å². The van der Waals surface area contributed by atoms with Gasteiger partial charge in [0.05, 0.1) is 0 Å². The van der Waals surface area contributed by atoms with Crippen LogP contribution in [0.2, 0.25) is 0 Å². The molecule has 1 amide bonds. The van der Waals surface area contributed by atoms with E-state index >= 15 is 0 Å². The van der Waals surface area contributed by atoms with Gasteiger partial charge in [-0.2, -0.15) is 0 Å². The first-order valence-electron chi connectivity index (χ1n) is 7.26. The summed E-state index contributed by atoms with van der Waals surface area (Å²) in [5.41, 5.74) is 1.13. The van der Waals surface area contributed by atoms with Gasteiger partial charge in [0, 0.05) is 17.8 Å². The van der Waals surface area contributed by atoms with E-state index in [4.69, 9.17) is 0 Å². The van der Waals surface area contributed by atoms with Crippen LogP contribution in [0.5, 0.6) is 0 Å². The van der Waals surface area contributed by atoms with Crippen LogP contribution in [0, 0.1) is 0 Å². The summed E-state index contributed by atoms with van der Waals surface area (Å²) >= 11 is 0. The predicted octanol–water partition coefficient (Wildman–Crippen LogP) is 3.08. The zero-order valence-electron chi connectivity index (χ0n) is 11.7. The molecule has 2 aromatic rings. The smallest absolute Gasteiger partial charge is 0.274 e. The van der Waals surface area contributed by atoms with Gasteiger partial charge in [-0.25, -0.2) is 9.97 Å². The zero-order valence-corrected chi connectivity index (χ0v) is 11.7. The summed E-state index contributed by atoms with van der Waals surface area (Å²) < 4.78 is 0. The molecule has 1 aromatic heterocycles. The van der Waals surface area contributed by atoms with Crippen molar-refractivity contribution in [3.63, 3.8) is 0 Å². The highest BCUT2D eigenvalue weighted by atomic mass is 16.1. The van der Waals surface area contributed by atoms with Crippen LogP contribution in [0.15, 0.2) is 42.7 Å². The number of nitrogens with one attached hydrogen (secondary N) is 2. The molecule has 0 bridgehead atoms. The maximum Gasteiger partial charge on any atom is 0.274 e. The zero-order chi connectivity index (χ0) is 14.5. The number of rotatable bonds is 4. The largest absolute Gasteiger partial charge is 0.367 e. The molecule has 1 aromatic carbocycles. The van der Waals surface area contributed by atoms with E-state index in [9.17, 15) is 4.79 Å². The standard InChI is InChI=1S/C16H18N4O/c21-16(20-13-6-2-1-3-7-13)14-10-15(18-11-17-14)19-12-8-4-5-9-12/h1-3,6-7,10-12H,4-5,8-9H2,(H,20,21)(H,17,18,19). The minimum atomic E-state index is -0.224. The summed E-state index contributed by atoms with van der Waals surface area (Å²) in [5.74, 6) is 0.494. The monoisotopic (exact) mass is 282 g/mol. The minimum absolute atomic E-state index is 0.224. The van der Waals surface area contributed by atoms with E-state index in [0.717, 1.165) is 24.3 Å². The van der Waals surface area contributed by atoms with Crippen LogP contribution in [-0.2, 0) is 0 Å². The average Bonchev–Trinajstić information content (AvgIpc) is 3.01. The van der Waals surface area contributed by atoms with E-state index in [1.807, 2.05) is 30.3 Å². The number of carbonyl (C=O) groups is 1. The van der Waals surface area contributed by atoms with Gasteiger partial charge in [-0.15, -0.1) is 0 Å². The van der Waals surface area contributed by atoms with Gasteiger partial charge in [0.2, 0.25) is 0 Å². The number of para-hydroxylation sites is 1. The lowest BCUT2D eigenvalue weighted by Gasteiger charge is -2.12. The number of aromatic nitrogens is 2. The van der Waals surface area contributed by atoms with Crippen molar-refractivity contribution in [1.29, 1.82) is 0 Å². The topological polar surface area (TPSA) is 66.9 Å². The Morgan fingerprint density at radius 3 is 2.62 bits per heavy atom. The molecule has 108 valence electrons. The molecule has 0 spiro atoms. The van der Waals surface area contributed by atoms with Gasteiger partial charge >= 0.3 is 0 Å². The lowest BCUT2D eigenvalue weighted by atomic mass is 10.2. The van der Waals surface area contributed by atoms with Gasteiger partial charge < -0.3 is 10.6 Å². The van der Waals surface area contributed by atoms with E-state index in [0.29, 0.717) is 11.7 Å². The van der Waals surface area contributed by atoms with Crippen LogP contribution in [0.3, 0.4) is 0 Å². The highest BCUT2D eigenvalue weighted by Crippen LogP contribution is 2.21. The van der Waals surface area contributed by atoms with Crippen molar-refractivity contribution in [1.82, 2.24) is 9.97 Å². The third-order valence-corrected chi connectivity index (χ3v) is 3.64. The number of carbonyl (C=O) groups excluding carboxylic acids is 1. The first kappa shape index (κ1) is 13.5. The Labute approximate surface area is 123 Å². The van der Waals surface area contributed by atoms with Gasteiger partial charge in [0.15, 0.2) is 0 Å². The van der Waals surface area contributed by atoms with Crippen LogP contribution < -0.4 is 10.6 Å². The summed E-state index contributed by atoms with van der Waals surface area (Å²) in [4.78, 5) is 20.4. The second kappa shape index (κ2) is 6.35. The van der Waals surface area contributed by atoms with Crippen molar-refractivity contribution >= 4 is 17.4 Å². The fourth-order valence-corrected chi connectivity index (χ4v) is 2.56. The van der Waals surface area contributed by atoms with Gasteiger partial charge in [0.1, 0.15) is 17.8 Å². The number of hydrogen-bond donors (Lipinski definition) is 2. The molecule has 1 heterocycles. The Kier molecular flexibility index (Phi) is 4.09. The Balaban J connectivity index is 1.68. The Morgan fingerprint density at radius 1 is 1.10 bits per heavy atom. The molecule has 2 N–H and O–H groups in total. The van der Waals surface area contributed by atoms with Crippen LogP contribution in [0.1, 0.15) is 36.2 Å². The predicted molar refractivity (Wildman–Crippen MR) is 82.3 cm³/mol. The molecule has 5 heteroatoms. The molecule has 5 nitrogen and oxygen atoms in total. The molecule has 1 aliphatic rings. The molecule has 0 saturated heterocycles. The maximum absolute atomic E-state index is 12.2. The molecule has 0 aliphatic heterocycles. The summed E-state index contributed by atoms with van der Waals surface area (Å²) in [5, 5.41) is 6.19. The highest BCUT2D eigenvalue weighted by Gasteiger charge is 2.16. The Morgan fingerprint density at radius 2 is 1.86 bits per heavy atom. The summed E-state index contributed by atoms with van der Waals surface area (Å²) in [6.45, 7) is 0. The lowest BCUT2D eigenvalue weighted by molar-refractivity contribution is 0.102. The summed E-state index contributed by atoms with van der Waals surface area (Å²) in [7, 11) is 0. The van der Waals surface area contributed by atoms with E-state index in [2.05, 4.69) is 20.6 Å². The van der Waals surface area contributed by atoms with E-state index < -0.39 is 0 Å². The fourth-order valence-electron chi connectivity index (χ4n) is 2.56. The normalized spacial score (nSPS) is 14.9.